The number of carbonyl (C=O) groups is 1. The second-order valence-corrected chi connectivity index (χ2v) is 5.58. The first-order chi connectivity index (χ1) is 9.09. The van der Waals surface area contributed by atoms with Crippen molar-refractivity contribution in [2.75, 3.05) is 6.61 Å². The lowest BCUT2D eigenvalue weighted by atomic mass is 9.93. The van der Waals surface area contributed by atoms with Gasteiger partial charge in [-0.25, -0.2) is 0 Å². The Hall–Kier alpha value is -1.36. The molecule has 0 bridgehead atoms. The lowest BCUT2D eigenvalue weighted by Crippen LogP contribution is -2.46. The van der Waals surface area contributed by atoms with Gasteiger partial charge in [0.05, 0.1) is 0 Å². The molecule has 0 saturated carbocycles. The van der Waals surface area contributed by atoms with Gasteiger partial charge < -0.3 is 10.4 Å². The number of nitrogens with one attached hydrogen (secondary N) is 2. The van der Waals surface area contributed by atoms with Gasteiger partial charge in [0.25, 0.3) is 5.91 Å². The molecule has 1 aliphatic carbocycles. The molecule has 0 fully saturated rings. The lowest BCUT2D eigenvalue weighted by Gasteiger charge is -2.28. The van der Waals surface area contributed by atoms with Crippen LogP contribution in [0.3, 0.4) is 0 Å². The van der Waals surface area contributed by atoms with Crippen LogP contribution in [0.15, 0.2) is 0 Å². The number of H-pyrrole nitrogens is 1. The molecule has 1 aromatic rings. The monoisotopic (exact) mass is 265 g/mol. The fourth-order valence-electron chi connectivity index (χ4n) is 2.58. The Morgan fingerprint density at radius 3 is 2.89 bits per heavy atom. The molecule has 0 saturated heterocycles. The molecule has 3 N–H and O–H groups in total. The van der Waals surface area contributed by atoms with E-state index in [0.717, 1.165) is 43.4 Å². The van der Waals surface area contributed by atoms with Crippen LogP contribution in [0, 0.1) is 0 Å². The van der Waals surface area contributed by atoms with Gasteiger partial charge in [-0.15, -0.1) is 0 Å². The first-order valence-corrected chi connectivity index (χ1v) is 7.09. The van der Waals surface area contributed by atoms with Crippen molar-refractivity contribution in [3.8, 4) is 0 Å². The molecule has 19 heavy (non-hydrogen) atoms. The second-order valence-electron chi connectivity index (χ2n) is 5.58. The van der Waals surface area contributed by atoms with Crippen LogP contribution in [-0.2, 0) is 12.8 Å². The van der Waals surface area contributed by atoms with Crippen LogP contribution in [0.5, 0.6) is 0 Å². The first kappa shape index (κ1) is 14.1. The van der Waals surface area contributed by atoms with Crippen molar-refractivity contribution in [2.24, 2.45) is 0 Å². The molecular formula is C14H23N3O2. The van der Waals surface area contributed by atoms with Crippen molar-refractivity contribution in [1.82, 2.24) is 15.5 Å². The Morgan fingerprint density at radius 1 is 1.47 bits per heavy atom. The van der Waals surface area contributed by atoms with Crippen LogP contribution in [0.4, 0.5) is 0 Å². The number of rotatable bonds is 5. The summed E-state index contributed by atoms with van der Waals surface area (Å²) in [7, 11) is 0. The molecule has 0 aromatic carbocycles. The van der Waals surface area contributed by atoms with Crippen LogP contribution in [-0.4, -0.2) is 33.4 Å². The van der Waals surface area contributed by atoms with E-state index in [4.69, 9.17) is 5.11 Å². The number of aliphatic hydroxyl groups is 1. The maximum absolute atomic E-state index is 12.4. The van der Waals surface area contributed by atoms with E-state index >= 15 is 0 Å². The van der Waals surface area contributed by atoms with Crippen molar-refractivity contribution in [2.45, 2.75) is 57.9 Å². The van der Waals surface area contributed by atoms with E-state index in [-0.39, 0.29) is 18.1 Å². The SMILES string of the molecule is CCC(C)(CCO)NC(=O)c1n[nH]c2c1CCCC2. The van der Waals surface area contributed by atoms with Crippen molar-refractivity contribution in [1.29, 1.82) is 0 Å². The Kier molecular flexibility index (Phi) is 4.24. The highest BCUT2D eigenvalue weighted by atomic mass is 16.3. The first-order valence-electron chi connectivity index (χ1n) is 7.09. The topological polar surface area (TPSA) is 78.0 Å². The molecular weight excluding hydrogens is 242 g/mol. The molecule has 1 heterocycles. The number of amides is 1. The van der Waals surface area contributed by atoms with E-state index < -0.39 is 0 Å². The van der Waals surface area contributed by atoms with E-state index in [1.807, 2.05) is 13.8 Å². The van der Waals surface area contributed by atoms with Crippen LogP contribution in [0.25, 0.3) is 0 Å². The zero-order valence-electron chi connectivity index (χ0n) is 11.8. The Balaban J connectivity index is 2.13. The summed E-state index contributed by atoms with van der Waals surface area (Å²) in [6.45, 7) is 4.04. The zero-order chi connectivity index (χ0) is 13.9. The minimum Gasteiger partial charge on any atom is -0.396 e. The quantitative estimate of drug-likeness (QED) is 0.756. The van der Waals surface area contributed by atoms with E-state index in [2.05, 4.69) is 15.5 Å². The maximum Gasteiger partial charge on any atom is 0.272 e. The van der Waals surface area contributed by atoms with Gasteiger partial charge in [0.1, 0.15) is 0 Å². The highest BCUT2D eigenvalue weighted by Gasteiger charge is 2.28. The lowest BCUT2D eigenvalue weighted by molar-refractivity contribution is 0.0880. The van der Waals surface area contributed by atoms with Gasteiger partial charge in [-0.2, -0.15) is 5.10 Å². The van der Waals surface area contributed by atoms with Gasteiger partial charge >= 0.3 is 0 Å². The molecule has 106 valence electrons. The highest BCUT2D eigenvalue weighted by molar-refractivity contribution is 5.94. The molecule has 1 aliphatic rings. The predicted molar refractivity (Wildman–Crippen MR) is 73.1 cm³/mol. The molecule has 1 unspecified atom stereocenters. The van der Waals surface area contributed by atoms with E-state index in [1.165, 1.54) is 0 Å². The number of aromatic nitrogens is 2. The minimum atomic E-state index is -0.369. The number of aliphatic hydroxyl groups excluding tert-OH is 1. The van der Waals surface area contributed by atoms with Crippen molar-refractivity contribution >= 4 is 5.91 Å². The summed E-state index contributed by atoms with van der Waals surface area (Å²) in [5.41, 5.74) is 2.35. The average Bonchev–Trinajstić information content (AvgIpc) is 2.83. The predicted octanol–water partition coefficient (Wildman–Crippen LogP) is 1.57. The summed E-state index contributed by atoms with van der Waals surface area (Å²) in [5.74, 6) is -0.128. The minimum absolute atomic E-state index is 0.0727. The number of aryl methyl sites for hydroxylation is 1. The fourth-order valence-corrected chi connectivity index (χ4v) is 2.58. The van der Waals surface area contributed by atoms with Gasteiger partial charge in [-0.3, -0.25) is 9.89 Å². The second kappa shape index (κ2) is 5.74. The van der Waals surface area contributed by atoms with Crippen molar-refractivity contribution < 1.29 is 9.90 Å². The summed E-state index contributed by atoms with van der Waals surface area (Å²) in [5, 5.41) is 19.3. The third kappa shape index (κ3) is 2.97. The summed E-state index contributed by atoms with van der Waals surface area (Å²) in [6, 6.07) is 0. The summed E-state index contributed by atoms with van der Waals surface area (Å²) >= 11 is 0. The summed E-state index contributed by atoms with van der Waals surface area (Å²) in [6.07, 6.45) is 5.53. The Bertz CT molecular complexity index is 456. The number of hydrogen-bond donors (Lipinski definition) is 3. The van der Waals surface area contributed by atoms with Crippen LogP contribution >= 0.6 is 0 Å². The van der Waals surface area contributed by atoms with Crippen LogP contribution < -0.4 is 5.32 Å². The Morgan fingerprint density at radius 2 is 2.21 bits per heavy atom. The highest BCUT2D eigenvalue weighted by Crippen LogP contribution is 2.23. The van der Waals surface area contributed by atoms with E-state index in [9.17, 15) is 4.79 Å². The van der Waals surface area contributed by atoms with Gasteiger partial charge in [0.15, 0.2) is 5.69 Å². The largest absolute Gasteiger partial charge is 0.396 e. The normalized spacial score (nSPS) is 17.6. The third-order valence-electron chi connectivity index (χ3n) is 4.13. The molecule has 0 aliphatic heterocycles. The molecule has 0 radical (unpaired) electrons. The molecule has 1 atom stereocenters. The number of hydrogen-bond acceptors (Lipinski definition) is 3. The molecule has 5 nitrogen and oxygen atoms in total. The number of carbonyl (C=O) groups excluding carboxylic acids is 1. The zero-order valence-corrected chi connectivity index (χ0v) is 11.8. The molecule has 1 amide bonds. The van der Waals surface area contributed by atoms with Gasteiger partial charge in [-0.1, -0.05) is 6.92 Å². The van der Waals surface area contributed by atoms with Crippen molar-refractivity contribution in [3.63, 3.8) is 0 Å². The molecule has 5 heteroatoms. The van der Waals surface area contributed by atoms with Crippen molar-refractivity contribution in [3.05, 3.63) is 17.0 Å². The molecule has 0 spiro atoms. The maximum atomic E-state index is 12.4. The number of fused-ring (bicyclic) bond motifs is 1. The fraction of sp³-hybridized carbons (Fsp3) is 0.714. The van der Waals surface area contributed by atoms with Gasteiger partial charge in [0, 0.05) is 23.4 Å². The summed E-state index contributed by atoms with van der Waals surface area (Å²) in [4.78, 5) is 12.4. The number of aromatic amines is 1. The standard InChI is InChI=1S/C14H23N3O2/c1-3-14(2,8-9-18)15-13(19)12-10-6-4-5-7-11(10)16-17-12/h18H,3-9H2,1-2H3,(H,15,19)(H,16,17). The van der Waals surface area contributed by atoms with E-state index in [1.54, 1.807) is 0 Å². The third-order valence-corrected chi connectivity index (χ3v) is 4.13. The van der Waals surface area contributed by atoms with Gasteiger partial charge in [0.2, 0.25) is 0 Å². The van der Waals surface area contributed by atoms with E-state index in [0.29, 0.717) is 12.1 Å². The van der Waals surface area contributed by atoms with Crippen LogP contribution in [0.2, 0.25) is 0 Å². The van der Waals surface area contributed by atoms with Gasteiger partial charge in [-0.05, 0) is 45.4 Å². The smallest absolute Gasteiger partial charge is 0.272 e. The summed E-state index contributed by atoms with van der Waals surface area (Å²) < 4.78 is 0. The molecule has 2 rings (SSSR count). The molecule has 1 aromatic heterocycles. The Labute approximate surface area is 113 Å². The average molecular weight is 265 g/mol. The number of nitrogens with zero attached hydrogens (tertiary/aromatic N) is 1. The van der Waals surface area contributed by atoms with Crippen LogP contribution in [0.1, 0.15) is 61.3 Å².